The first-order valence-electron chi connectivity index (χ1n) is 8.98. The molecule has 1 saturated heterocycles. The lowest BCUT2D eigenvalue weighted by atomic mass is 10.0. The van der Waals surface area contributed by atoms with Crippen LogP contribution in [0.4, 0.5) is 4.79 Å². The van der Waals surface area contributed by atoms with Crippen molar-refractivity contribution in [2.24, 2.45) is 11.8 Å². The van der Waals surface area contributed by atoms with Crippen LogP contribution in [0.5, 0.6) is 0 Å². The van der Waals surface area contributed by atoms with Gasteiger partial charge in [0.25, 0.3) is 0 Å². The van der Waals surface area contributed by atoms with Crippen molar-refractivity contribution in [1.29, 1.82) is 0 Å². The smallest absolute Gasteiger partial charge is 0.314 e. The summed E-state index contributed by atoms with van der Waals surface area (Å²) in [5.74, 6) is 1.11. The largest absolute Gasteiger partial charge is 0.393 e. The van der Waals surface area contributed by atoms with E-state index >= 15 is 0 Å². The first-order valence-corrected chi connectivity index (χ1v) is 8.98. The number of hydrogen-bond donors (Lipinski definition) is 3. The average molecular weight is 311 g/mol. The Bertz CT molecular complexity index is 349. The number of hydrogen-bond acceptors (Lipinski definition) is 3. The predicted octanol–water partition coefficient (Wildman–Crippen LogP) is 1.96. The summed E-state index contributed by atoms with van der Waals surface area (Å²) in [5.41, 5.74) is 0. The van der Waals surface area contributed by atoms with Crippen molar-refractivity contribution in [2.75, 3.05) is 26.2 Å². The van der Waals surface area contributed by atoms with Crippen LogP contribution in [0.15, 0.2) is 0 Å². The Balaban J connectivity index is 1.65. The fraction of sp³-hybridized carbons (Fsp3) is 0.941. The normalized spacial score (nSPS) is 29.7. The van der Waals surface area contributed by atoms with Gasteiger partial charge in [-0.1, -0.05) is 20.3 Å². The number of piperidine rings is 1. The molecule has 2 rings (SSSR count). The summed E-state index contributed by atoms with van der Waals surface area (Å²) < 4.78 is 0. The number of nitrogens with one attached hydrogen (secondary N) is 2. The summed E-state index contributed by atoms with van der Waals surface area (Å²) in [6.45, 7) is 8.21. The molecule has 3 N–H and O–H groups in total. The van der Waals surface area contributed by atoms with Crippen LogP contribution in [0.25, 0.3) is 0 Å². The van der Waals surface area contributed by atoms with Crippen LogP contribution < -0.4 is 10.6 Å². The van der Waals surface area contributed by atoms with E-state index in [1.165, 1.54) is 19.3 Å². The summed E-state index contributed by atoms with van der Waals surface area (Å²) in [4.78, 5) is 14.5. The zero-order chi connectivity index (χ0) is 15.9. The van der Waals surface area contributed by atoms with Crippen LogP contribution >= 0.6 is 0 Å². The van der Waals surface area contributed by atoms with Gasteiger partial charge in [0.15, 0.2) is 0 Å². The molecular weight excluding hydrogens is 278 g/mol. The van der Waals surface area contributed by atoms with Crippen LogP contribution in [0, 0.1) is 11.8 Å². The molecule has 0 aromatic carbocycles. The summed E-state index contributed by atoms with van der Waals surface area (Å²) in [6, 6.07) is 0.423. The Morgan fingerprint density at radius 3 is 2.64 bits per heavy atom. The van der Waals surface area contributed by atoms with Gasteiger partial charge in [-0.2, -0.15) is 0 Å². The molecule has 5 heteroatoms. The Hall–Kier alpha value is -0.810. The van der Waals surface area contributed by atoms with Gasteiger partial charge in [0.2, 0.25) is 0 Å². The lowest BCUT2D eigenvalue weighted by Gasteiger charge is -2.36. The van der Waals surface area contributed by atoms with Gasteiger partial charge in [0.05, 0.1) is 6.10 Å². The minimum atomic E-state index is -0.165. The second kappa shape index (κ2) is 8.73. The molecule has 2 fully saturated rings. The van der Waals surface area contributed by atoms with E-state index in [1.54, 1.807) is 0 Å². The molecule has 128 valence electrons. The number of urea groups is 1. The Kier molecular flexibility index (Phi) is 6.96. The number of amides is 2. The standard InChI is InChI=1S/C17H33N3O2/c1-13(2)12-20-8-4-3-5-15(20)11-19-17(22)18-10-14-6-7-16(21)9-14/h13-16,21H,3-12H2,1-2H3,(H2,18,19,22)/t14-,15+,16+/m0/s1. The maximum Gasteiger partial charge on any atom is 0.314 e. The summed E-state index contributed by atoms with van der Waals surface area (Å²) >= 11 is 0. The molecule has 0 aromatic rings. The van der Waals surface area contributed by atoms with E-state index in [4.69, 9.17) is 0 Å². The second-order valence-electron chi connectivity index (χ2n) is 7.46. The van der Waals surface area contributed by atoms with Crippen molar-refractivity contribution in [3.63, 3.8) is 0 Å². The number of aliphatic hydroxyl groups is 1. The van der Waals surface area contributed by atoms with Crippen LogP contribution in [-0.4, -0.2) is 54.4 Å². The van der Waals surface area contributed by atoms with E-state index in [0.717, 1.165) is 38.9 Å². The van der Waals surface area contributed by atoms with Crippen LogP contribution in [0.1, 0.15) is 52.4 Å². The number of carbonyl (C=O) groups is 1. The van der Waals surface area contributed by atoms with Crippen LogP contribution in [-0.2, 0) is 0 Å². The number of aliphatic hydroxyl groups excluding tert-OH is 1. The molecule has 1 saturated carbocycles. The first kappa shape index (κ1) is 17.5. The number of likely N-dealkylation sites (tertiary alicyclic amines) is 1. The van der Waals surface area contributed by atoms with Gasteiger partial charge in [-0.3, -0.25) is 4.90 Å². The molecule has 5 nitrogen and oxygen atoms in total. The molecule has 0 spiro atoms. The molecule has 0 aromatic heterocycles. The molecule has 2 aliphatic rings. The minimum Gasteiger partial charge on any atom is -0.393 e. The van der Waals surface area contributed by atoms with E-state index in [0.29, 0.717) is 24.4 Å². The Labute approximate surface area is 134 Å². The second-order valence-corrected chi connectivity index (χ2v) is 7.46. The molecule has 1 aliphatic carbocycles. The predicted molar refractivity (Wildman–Crippen MR) is 88.8 cm³/mol. The van der Waals surface area contributed by atoms with Crippen molar-refractivity contribution in [3.05, 3.63) is 0 Å². The van der Waals surface area contributed by atoms with Gasteiger partial charge in [-0.15, -0.1) is 0 Å². The summed E-state index contributed by atoms with van der Waals surface area (Å²) in [5, 5.41) is 15.5. The zero-order valence-electron chi connectivity index (χ0n) is 14.2. The lowest BCUT2D eigenvalue weighted by molar-refractivity contribution is 0.130. The number of carbonyl (C=O) groups excluding carboxylic acids is 1. The molecule has 0 radical (unpaired) electrons. The van der Waals surface area contributed by atoms with Gasteiger partial charge in [0.1, 0.15) is 0 Å². The SMILES string of the molecule is CC(C)CN1CCCC[C@@H]1CNC(=O)NC[C@H]1CC[C@@H](O)C1. The fourth-order valence-electron chi connectivity index (χ4n) is 3.74. The van der Waals surface area contributed by atoms with E-state index in [9.17, 15) is 9.90 Å². The van der Waals surface area contributed by atoms with E-state index in [-0.39, 0.29) is 12.1 Å². The van der Waals surface area contributed by atoms with Gasteiger partial charge >= 0.3 is 6.03 Å². The molecule has 22 heavy (non-hydrogen) atoms. The highest BCUT2D eigenvalue weighted by Crippen LogP contribution is 2.24. The molecule has 3 atom stereocenters. The average Bonchev–Trinajstić information content (AvgIpc) is 2.89. The Morgan fingerprint density at radius 1 is 1.18 bits per heavy atom. The number of rotatable bonds is 6. The third-order valence-corrected chi connectivity index (χ3v) is 4.91. The molecule has 1 aliphatic heterocycles. The highest BCUT2D eigenvalue weighted by molar-refractivity contribution is 5.73. The van der Waals surface area contributed by atoms with Crippen molar-refractivity contribution in [3.8, 4) is 0 Å². The minimum absolute atomic E-state index is 0.0588. The lowest BCUT2D eigenvalue weighted by Crippen LogP contribution is -2.49. The molecular formula is C17H33N3O2. The maximum atomic E-state index is 11.9. The molecule has 0 unspecified atom stereocenters. The van der Waals surface area contributed by atoms with Crippen molar-refractivity contribution >= 4 is 6.03 Å². The fourth-order valence-corrected chi connectivity index (χ4v) is 3.74. The van der Waals surface area contributed by atoms with Crippen molar-refractivity contribution in [2.45, 2.75) is 64.5 Å². The molecule has 0 bridgehead atoms. The van der Waals surface area contributed by atoms with Crippen LogP contribution in [0.2, 0.25) is 0 Å². The van der Waals surface area contributed by atoms with Gasteiger partial charge in [-0.25, -0.2) is 4.79 Å². The molecule has 1 heterocycles. The first-order chi connectivity index (χ1) is 10.5. The van der Waals surface area contributed by atoms with Crippen molar-refractivity contribution < 1.29 is 9.90 Å². The van der Waals surface area contributed by atoms with Gasteiger partial charge in [0, 0.05) is 25.7 Å². The zero-order valence-corrected chi connectivity index (χ0v) is 14.2. The quantitative estimate of drug-likeness (QED) is 0.702. The van der Waals surface area contributed by atoms with Gasteiger partial charge < -0.3 is 15.7 Å². The van der Waals surface area contributed by atoms with Gasteiger partial charge in [-0.05, 0) is 50.5 Å². The van der Waals surface area contributed by atoms with E-state index in [1.807, 2.05) is 0 Å². The maximum absolute atomic E-state index is 11.9. The molecule has 2 amide bonds. The number of nitrogens with zero attached hydrogens (tertiary/aromatic N) is 1. The topological polar surface area (TPSA) is 64.6 Å². The summed E-state index contributed by atoms with van der Waals surface area (Å²) in [6.07, 6.45) is 6.28. The Morgan fingerprint density at radius 2 is 1.95 bits per heavy atom. The summed E-state index contributed by atoms with van der Waals surface area (Å²) in [7, 11) is 0. The van der Waals surface area contributed by atoms with E-state index in [2.05, 4.69) is 29.4 Å². The highest BCUT2D eigenvalue weighted by Gasteiger charge is 2.24. The van der Waals surface area contributed by atoms with E-state index < -0.39 is 0 Å². The third-order valence-electron chi connectivity index (χ3n) is 4.91. The van der Waals surface area contributed by atoms with Crippen molar-refractivity contribution in [1.82, 2.24) is 15.5 Å². The monoisotopic (exact) mass is 311 g/mol. The van der Waals surface area contributed by atoms with Crippen LogP contribution in [0.3, 0.4) is 0 Å². The third kappa shape index (κ3) is 5.76. The highest BCUT2D eigenvalue weighted by atomic mass is 16.3.